The standard InChI is InChI=1S/C26H32N8O3S3/c1-2-3-11-27-24-31-25(28-15-18-17-39-23(30-18)22-10-6-13-38-22)33-26(32-24)34-12-5-7-19(34)16-29-40(36,37)21-9-4-8-20(35)14-21/h4,6,8-10,13-14,17,19,29,35H,2-3,5,7,11-12,15-16H2,1H3,(H2,27,28,31,32,33)/t19-/m1/s1. The van der Waals surface area contributed by atoms with Crippen molar-refractivity contribution in [3.63, 3.8) is 0 Å². The van der Waals surface area contributed by atoms with Crippen molar-refractivity contribution in [1.82, 2.24) is 24.7 Å². The van der Waals surface area contributed by atoms with Crippen molar-refractivity contribution in [3.05, 3.63) is 52.9 Å². The van der Waals surface area contributed by atoms with Crippen molar-refractivity contribution in [3.8, 4) is 15.6 Å². The first-order chi connectivity index (χ1) is 19.4. The monoisotopic (exact) mass is 600 g/mol. The topological polar surface area (TPSA) is 145 Å². The number of aromatic nitrogens is 4. The molecule has 212 valence electrons. The maximum absolute atomic E-state index is 12.8. The number of anilines is 3. The van der Waals surface area contributed by atoms with E-state index < -0.39 is 10.0 Å². The highest BCUT2D eigenvalue weighted by atomic mass is 32.2. The number of nitrogens with one attached hydrogen (secondary N) is 3. The van der Waals surface area contributed by atoms with Crippen LogP contribution in [-0.4, -0.2) is 59.1 Å². The van der Waals surface area contributed by atoms with Crippen LogP contribution >= 0.6 is 22.7 Å². The number of nitrogens with zero attached hydrogens (tertiary/aromatic N) is 5. The number of thiophene rings is 1. The molecule has 1 aromatic carbocycles. The van der Waals surface area contributed by atoms with Crippen molar-refractivity contribution >= 4 is 50.5 Å². The molecule has 1 atom stereocenters. The fraction of sp³-hybridized carbons (Fsp3) is 0.385. The Hall–Kier alpha value is -3.33. The number of unbranched alkanes of at least 4 members (excludes halogenated alkanes) is 1. The third-order valence-corrected chi connectivity index (χ3v) is 9.77. The van der Waals surface area contributed by atoms with Gasteiger partial charge in [0.1, 0.15) is 10.8 Å². The summed E-state index contributed by atoms with van der Waals surface area (Å²) in [5, 5.41) is 21.3. The predicted molar refractivity (Wildman–Crippen MR) is 160 cm³/mol. The van der Waals surface area contributed by atoms with E-state index in [1.54, 1.807) is 22.7 Å². The normalized spacial score (nSPS) is 15.4. The van der Waals surface area contributed by atoms with Crippen molar-refractivity contribution in [1.29, 1.82) is 0 Å². The first-order valence-electron chi connectivity index (χ1n) is 13.2. The minimum Gasteiger partial charge on any atom is -0.508 e. The highest BCUT2D eigenvalue weighted by Crippen LogP contribution is 2.28. The Morgan fingerprint density at radius 2 is 1.93 bits per heavy atom. The molecule has 0 bridgehead atoms. The molecule has 1 saturated heterocycles. The molecule has 0 spiro atoms. The number of phenols is 1. The van der Waals surface area contributed by atoms with Crippen molar-refractivity contribution in [2.45, 2.75) is 50.1 Å². The van der Waals surface area contributed by atoms with Crippen molar-refractivity contribution in [2.75, 3.05) is 35.2 Å². The molecule has 0 radical (unpaired) electrons. The van der Waals surface area contributed by atoms with Crippen LogP contribution in [-0.2, 0) is 16.6 Å². The molecule has 4 N–H and O–H groups in total. The molecule has 4 aromatic rings. The molecule has 5 rings (SSSR count). The van der Waals surface area contributed by atoms with Gasteiger partial charge in [0.15, 0.2) is 0 Å². The average molecular weight is 601 g/mol. The minimum atomic E-state index is -3.78. The molecular weight excluding hydrogens is 569 g/mol. The summed E-state index contributed by atoms with van der Waals surface area (Å²) in [7, 11) is -3.78. The maximum Gasteiger partial charge on any atom is 0.240 e. The Balaban J connectivity index is 1.30. The van der Waals surface area contributed by atoms with Crippen LogP contribution in [0.4, 0.5) is 17.8 Å². The summed E-state index contributed by atoms with van der Waals surface area (Å²) in [6, 6.07) is 9.58. The van der Waals surface area contributed by atoms with E-state index >= 15 is 0 Å². The van der Waals surface area contributed by atoms with Crippen LogP contribution in [0.3, 0.4) is 0 Å². The SMILES string of the molecule is CCCCNc1nc(NCc2csc(-c3cccs3)n2)nc(N2CCC[C@@H]2CNS(=O)(=O)c2cccc(O)c2)n1. The van der Waals surface area contributed by atoms with Crippen LogP contribution in [0.1, 0.15) is 38.3 Å². The number of sulfonamides is 1. The van der Waals surface area contributed by atoms with Crippen molar-refractivity contribution in [2.24, 2.45) is 0 Å². The molecule has 40 heavy (non-hydrogen) atoms. The first kappa shape index (κ1) is 28.2. The molecule has 0 saturated carbocycles. The summed E-state index contributed by atoms with van der Waals surface area (Å²) in [5.74, 6) is 1.30. The van der Waals surface area contributed by atoms with Gasteiger partial charge in [-0.05, 0) is 48.9 Å². The molecule has 11 nitrogen and oxygen atoms in total. The maximum atomic E-state index is 12.8. The van der Waals surface area contributed by atoms with E-state index in [2.05, 4.69) is 38.3 Å². The van der Waals surface area contributed by atoms with Gasteiger partial charge in [-0.15, -0.1) is 22.7 Å². The number of aromatic hydroxyl groups is 1. The van der Waals surface area contributed by atoms with E-state index in [1.165, 1.54) is 24.3 Å². The lowest BCUT2D eigenvalue weighted by molar-refractivity contribution is 0.473. The van der Waals surface area contributed by atoms with Crippen LogP contribution in [0.2, 0.25) is 0 Å². The number of phenolic OH excluding ortho intramolecular Hbond substituents is 1. The van der Waals surface area contributed by atoms with Gasteiger partial charge in [0.25, 0.3) is 0 Å². The summed E-state index contributed by atoms with van der Waals surface area (Å²) in [4.78, 5) is 21.9. The fourth-order valence-electron chi connectivity index (χ4n) is 4.35. The number of hydrogen-bond donors (Lipinski definition) is 4. The second-order valence-electron chi connectivity index (χ2n) is 9.38. The van der Waals surface area contributed by atoms with E-state index in [9.17, 15) is 13.5 Å². The van der Waals surface area contributed by atoms with Gasteiger partial charge in [-0.25, -0.2) is 18.1 Å². The molecule has 0 aliphatic carbocycles. The lowest BCUT2D eigenvalue weighted by Crippen LogP contribution is -2.41. The molecule has 0 unspecified atom stereocenters. The Bertz CT molecular complexity index is 1510. The summed E-state index contributed by atoms with van der Waals surface area (Å²) in [5.41, 5.74) is 0.899. The van der Waals surface area contributed by atoms with Crippen LogP contribution in [0.25, 0.3) is 9.88 Å². The molecule has 4 heterocycles. The quantitative estimate of drug-likeness (QED) is 0.161. The molecule has 0 amide bonds. The van der Waals surface area contributed by atoms with E-state index in [0.29, 0.717) is 30.9 Å². The predicted octanol–water partition coefficient (Wildman–Crippen LogP) is 4.53. The zero-order valence-electron chi connectivity index (χ0n) is 22.1. The van der Waals surface area contributed by atoms with E-state index in [4.69, 9.17) is 9.97 Å². The third kappa shape index (κ3) is 7.05. The first-order valence-corrected chi connectivity index (χ1v) is 16.4. The molecular formula is C26H32N8O3S3. The van der Waals surface area contributed by atoms with Gasteiger partial charge in [0.2, 0.25) is 27.9 Å². The second-order valence-corrected chi connectivity index (χ2v) is 12.9. The van der Waals surface area contributed by atoms with Gasteiger partial charge < -0.3 is 20.6 Å². The van der Waals surface area contributed by atoms with Gasteiger partial charge >= 0.3 is 0 Å². The van der Waals surface area contributed by atoms with Gasteiger partial charge in [-0.1, -0.05) is 25.5 Å². The zero-order valence-corrected chi connectivity index (χ0v) is 24.5. The Morgan fingerprint density at radius 1 is 1.07 bits per heavy atom. The van der Waals surface area contributed by atoms with E-state index in [0.717, 1.165) is 47.8 Å². The van der Waals surface area contributed by atoms with Crippen LogP contribution in [0.5, 0.6) is 5.75 Å². The summed E-state index contributed by atoms with van der Waals surface area (Å²) in [6.07, 6.45) is 3.70. The van der Waals surface area contributed by atoms with Gasteiger partial charge in [-0.2, -0.15) is 15.0 Å². The Kier molecular flexibility index (Phi) is 9.09. The van der Waals surface area contributed by atoms with E-state index in [-0.39, 0.29) is 23.2 Å². The largest absolute Gasteiger partial charge is 0.508 e. The average Bonchev–Trinajstić information content (AvgIpc) is 3.73. The second kappa shape index (κ2) is 12.9. The summed E-state index contributed by atoms with van der Waals surface area (Å²) >= 11 is 3.27. The summed E-state index contributed by atoms with van der Waals surface area (Å²) in [6.45, 7) is 4.22. The van der Waals surface area contributed by atoms with Crippen LogP contribution in [0, 0.1) is 0 Å². The zero-order chi connectivity index (χ0) is 28.0. The molecule has 1 fully saturated rings. The minimum absolute atomic E-state index is 0.0235. The van der Waals surface area contributed by atoms with Gasteiger partial charge in [0.05, 0.1) is 22.0 Å². The third-order valence-electron chi connectivity index (χ3n) is 6.42. The van der Waals surface area contributed by atoms with Crippen LogP contribution < -0.4 is 20.3 Å². The molecule has 1 aliphatic heterocycles. The lowest BCUT2D eigenvalue weighted by Gasteiger charge is -2.25. The van der Waals surface area contributed by atoms with E-state index in [1.807, 2.05) is 21.7 Å². The number of hydrogen-bond acceptors (Lipinski definition) is 12. The molecule has 14 heteroatoms. The Morgan fingerprint density at radius 3 is 2.70 bits per heavy atom. The van der Waals surface area contributed by atoms with Crippen LogP contribution in [0.15, 0.2) is 52.1 Å². The Labute approximate surface area is 241 Å². The number of rotatable bonds is 13. The lowest BCUT2D eigenvalue weighted by atomic mass is 10.2. The number of thiazole rings is 1. The fourth-order valence-corrected chi connectivity index (χ4v) is 7.10. The highest BCUT2D eigenvalue weighted by Gasteiger charge is 2.29. The van der Waals surface area contributed by atoms with Gasteiger partial charge in [-0.3, -0.25) is 0 Å². The number of benzene rings is 1. The van der Waals surface area contributed by atoms with Gasteiger partial charge in [0, 0.05) is 31.1 Å². The summed E-state index contributed by atoms with van der Waals surface area (Å²) < 4.78 is 28.3. The molecule has 1 aliphatic rings. The molecule has 3 aromatic heterocycles. The van der Waals surface area contributed by atoms with Crippen molar-refractivity contribution < 1.29 is 13.5 Å². The smallest absolute Gasteiger partial charge is 0.240 e. The highest BCUT2D eigenvalue weighted by molar-refractivity contribution is 7.89.